The summed E-state index contributed by atoms with van der Waals surface area (Å²) >= 11 is 0. The highest BCUT2D eigenvalue weighted by Gasteiger charge is 2.33. The fourth-order valence-electron chi connectivity index (χ4n) is 7.69. The maximum Gasteiger partial charge on any atom is 0.338 e. The second-order valence-electron chi connectivity index (χ2n) is 15.8. The molecule has 10 heteroatoms. The van der Waals surface area contributed by atoms with Gasteiger partial charge in [0.25, 0.3) is 0 Å². The Kier molecular flexibility index (Phi) is 15.3. The van der Waals surface area contributed by atoms with Crippen LogP contribution in [0.4, 0.5) is 0 Å². The Balaban J connectivity index is 1.14. The van der Waals surface area contributed by atoms with Gasteiger partial charge in [-0.1, -0.05) is 86.1 Å². The molecule has 4 rings (SSSR count). The van der Waals surface area contributed by atoms with Gasteiger partial charge in [0.1, 0.15) is 12.2 Å². The minimum atomic E-state index is -1.73. The number of ether oxygens (including phenoxy) is 4. The molecule has 282 valence electrons. The summed E-state index contributed by atoms with van der Waals surface area (Å²) in [5, 5.41) is 2.53. The third-order valence-electron chi connectivity index (χ3n) is 11.2. The van der Waals surface area contributed by atoms with Crippen molar-refractivity contribution in [2.24, 2.45) is 11.8 Å². The molecular weight excluding hydrogens is 689 g/mol. The lowest BCUT2D eigenvalue weighted by Gasteiger charge is -2.37. The minimum Gasteiger partial charge on any atom is -0.463 e. The number of rotatable bonds is 17. The lowest BCUT2D eigenvalue weighted by molar-refractivity contribution is -0.138. The van der Waals surface area contributed by atoms with Crippen LogP contribution in [0.3, 0.4) is 0 Å². The van der Waals surface area contributed by atoms with Gasteiger partial charge in [0.2, 0.25) is 0 Å². The quantitative estimate of drug-likeness (QED) is 0.0530. The number of benzene rings is 2. The van der Waals surface area contributed by atoms with Crippen LogP contribution in [0.15, 0.2) is 73.8 Å². The van der Waals surface area contributed by atoms with Crippen molar-refractivity contribution in [2.45, 2.75) is 115 Å². The Morgan fingerprint density at radius 3 is 1.21 bits per heavy atom. The highest BCUT2D eigenvalue weighted by Crippen LogP contribution is 2.40. The zero-order valence-electron chi connectivity index (χ0n) is 31.7. The molecule has 0 spiro atoms. The fourth-order valence-corrected chi connectivity index (χ4v) is 12.5. The molecule has 0 aliphatic heterocycles. The maximum absolute atomic E-state index is 13.0. The highest BCUT2D eigenvalue weighted by atomic mass is 28.3. The van der Waals surface area contributed by atoms with Crippen molar-refractivity contribution < 1.29 is 38.1 Å². The van der Waals surface area contributed by atoms with Gasteiger partial charge in [0.15, 0.2) is 0 Å². The molecule has 8 nitrogen and oxygen atoms in total. The van der Waals surface area contributed by atoms with Crippen molar-refractivity contribution in [2.75, 3.05) is 13.2 Å². The zero-order chi connectivity index (χ0) is 37.7. The van der Waals surface area contributed by atoms with E-state index in [-0.39, 0.29) is 36.1 Å². The van der Waals surface area contributed by atoms with Crippen LogP contribution in [-0.4, -0.2) is 65.4 Å². The summed E-state index contributed by atoms with van der Waals surface area (Å²) in [6, 6.07) is 17.7. The zero-order valence-corrected chi connectivity index (χ0v) is 33.7. The van der Waals surface area contributed by atoms with Crippen LogP contribution in [0.2, 0.25) is 38.3 Å². The molecule has 2 aliphatic rings. The Morgan fingerprint density at radius 1 is 0.577 bits per heavy atom. The molecule has 0 N–H and O–H groups in total. The molecule has 0 unspecified atom stereocenters. The van der Waals surface area contributed by atoms with Gasteiger partial charge >= 0.3 is 23.9 Å². The first-order valence-electron chi connectivity index (χ1n) is 19.0. The summed E-state index contributed by atoms with van der Waals surface area (Å²) in [7, 11) is -3.47. The Morgan fingerprint density at radius 2 is 0.904 bits per heavy atom. The molecule has 0 amide bonds. The van der Waals surface area contributed by atoms with E-state index in [0.29, 0.717) is 36.2 Å². The SMILES string of the molecule is C=CC(=O)OCCC[Si](C)(C)c1ccc(C(=O)OC2CCC(C3CCC(OC(=O)c4ccc([Si](C)(C)CCCOC(=O)C=C)cc4)CC3)CC2)cc1. The summed E-state index contributed by atoms with van der Waals surface area (Å²) in [6.07, 6.45) is 11.6. The van der Waals surface area contributed by atoms with E-state index in [1.54, 1.807) is 0 Å². The van der Waals surface area contributed by atoms with Gasteiger partial charge in [-0.05, 0) is 100 Å². The van der Waals surface area contributed by atoms with Crippen LogP contribution in [0.5, 0.6) is 0 Å². The molecule has 2 aromatic carbocycles. The molecule has 0 saturated heterocycles. The van der Waals surface area contributed by atoms with Crippen LogP contribution < -0.4 is 10.4 Å². The average Bonchev–Trinajstić information content (AvgIpc) is 3.15. The fraction of sp³-hybridized carbons (Fsp3) is 0.524. The van der Waals surface area contributed by atoms with Gasteiger partial charge in [-0.15, -0.1) is 0 Å². The smallest absolute Gasteiger partial charge is 0.338 e. The first-order chi connectivity index (χ1) is 24.8. The predicted octanol–water partition coefficient (Wildman–Crippen LogP) is 7.89. The van der Waals surface area contributed by atoms with E-state index in [1.807, 2.05) is 24.3 Å². The van der Waals surface area contributed by atoms with E-state index in [9.17, 15) is 19.2 Å². The average molecular weight is 747 g/mol. The van der Waals surface area contributed by atoms with Gasteiger partial charge in [-0.25, -0.2) is 19.2 Å². The van der Waals surface area contributed by atoms with E-state index in [2.05, 4.69) is 63.6 Å². The maximum atomic E-state index is 13.0. The molecule has 2 fully saturated rings. The summed E-state index contributed by atoms with van der Waals surface area (Å²) in [6.45, 7) is 16.8. The van der Waals surface area contributed by atoms with Crippen molar-refractivity contribution >= 4 is 50.4 Å². The lowest BCUT2D eigenvalue weighted by Crippen LogP contribution is -2.41. The van der Waals surface area contributed by atoms with Crippen LogP contribution >= 0.6 is 0 Å². The van der Waals surface area contributed by atoms with Crippen LogP contribution in [0, 0.1) is 11.8 Å². The number of carbonyl (C=O) groups is 4. The van der Waals surface area contributed by atoms with Crippen LogP contribution in [0.25, 0.3) is 0 Å². The summed E-state index contributed by atoms with van der Waals surface area (Å²) in [4.78, 5) is 48.6. The monoisotopic (exact) mass is 746 g/mol. The predicted molar refractivity (Wildman–Crippen MR) is 211 cm³/mol. The molecule has 2 saturated carbocycles. The van der Waals surface area contributed by atoms with Gasteiger partial charge < -0.3 is 18.9 Å². The van der Waals surface area contributed by atoms with E-state index in [4.69, 9.17) is 18.9 Å². The second-order valence-corrected chi connectivity index (χ2v) is 25.4. The van der Waals surface area contributed by atoms with Crippen LogP contribution in [0.1, 0.15) is 84.9 Å². The Labute approximate surface area is 312 Å². The summed E-state index contributed by atoms with van der Waals surface area (Å²) in [5.41, 5.74) is 1.18. The number of carbonyl (C=O) groups excluding carboxylic acids is 4. The molecular formula is C42H58O8Si2. The number of hydrogen-bond donors (Lipinski definition) is 0. The third-order valence-corrected chi connectivity index (χ3v) is 18.2. The van der Waals surface area contributed by atoms with E-state index in [1.165, 1.54) is 22.5 Å². The molecule has 52 heavy (non-hydrogen) atoms. The lowest BCUT2D eigenvalue weighted by atomic mass is 9.72. The molecule has 0 heterocycles. The standard InChI is InChI=1S/C42H58O8Si2/c1-7-39(43)47-27-9-29-51(3,4)37-23-15-33(16-24-37)41(45)49-35-19-11-31(12-20-35)32-13-21-36(22-14-32)50-42(46)34-17-25-38(26-18-34)52(5,6)30-10-28-48-40(44)8-2/h7-8,15-18,23-26,31-32,35-36H,1-2,9-14,19-22,27-30H2,3-6H3. The molecule has 0 radical (unpaired) electrons. The third kappa shape index (κ3) is 12.2. The van der Waals surface area contributed by atoms with Crippen molar-refractivity contribution in [1.82, 2.24) is 0 Å². The molecule has 0 bridgehead atoms. The highest BCUT2D eigenvalue weighted by molar-refractivity contribution is 6.90. The number of esters is 4. The summed E-state index contributed by atoms with van der Waals surface area (Å²) < 4.78 is 22.2. The second kappa shape index (κ2) is 19.4. The van der Waals surface area contributed by atoms with Gasteiger partial charge in [-0.3, -0.25) is 0 Å². The Hall–Kier alpha value is -3.77. The first-order valence-corrected chi connectivity index (χ1v) is 25.4. The first kappa shape index (κ1) is 41.0. The molecule has 2 aromatic rings. The van der Waals surface area contributed by atoms with E-state index in [0.717, 1.165) is 76.3 Å². The minimum absolute atomic E-state index is 0.0496. The number of hydrogen-bond acceptors (Lipinski definition) is 8. The van der Waals surface area contributed by atoms with Gasteiger partial charge in [0, 0.05) is 12.2 Å². The van der Waals surface area contributed by atoms with Gasteiger partial charge in [0.05, 0.1) is 40.5 Å². The molecule has 0 atom stereocenters. The van der Waals surface area contributed by atoms with E-state index < -0.39 is 16.1 Å². The Bertz CT molecular complexity index is 1400. The van der Waals surface area contributed by atoms with Crippen molar-refractivity contribution in [1.29, 1.82) is 0 Å². The van der Waals surface area contributed by atoms with Crippen molar-refractivity contribution in [3.8, 4) is 0 Å². The van der Waals surface area contributed by atoms with Crippen LogP contribution in [-0.2, 0) is 28.5 Å². The largest absolute Gasteiger partial charge is 0.463 e. The normalized spacial score (nSPS) is 20.6. The van der Waals surface area contributed by atoms with Gasteiger partial charge in [-0.2, -0.15) is 0 Å². The molecule has 0 aromatic heterocycles. The van der Waals surface area contributed by atoms with E-state index >= 15 is 0 Å². The topological polar surface area (TPSA) is 105 Å². The molecule has 2 aliphatic carbocycles. The van der Waals surface area contributed by atoms with Crippen molar-refractivity contribution in [3.05, 3.63) is 85.0 Å². The van der Waals surface area contributed by atoms with Crippen molar-refractivity contribution in [3.63, 3.8) is 0 Å². The summed E-state index contributed by atoms with van der Waals surface area (Å²) in [5.74, 6) is -0.0472.